The van der Waals surface area contributed by atoms with E-state index in [2.05, 4.69) is 5.48 Å². The summed E-state index contributed by atoms with van der Waals surface area (Å²) in [5.74, 6) is 0.0457. The maximum absolute atomic E-state index is 11.7. The lowest BCUT2D eigenvalue weighted by molar-refractivity contribution is -0.213. The van der Waals surface area contributed by atoms with Gasteiger partial charge in [0, 0.05) is 40.3 Å². The molecule has 0 aromatic heterocycles. The summed E-state index contributed by atoms with van der Waals surface area (Å²) in [5.41, 5.74) is 2.82. The van der Waals surface area contributed by atoms with Crippen LogP contribution in [0.25, 0.3) is 0 Å². The van der Waals surface area contributed by atoms with Crippen LogP contribution in [0, 0.1) is 0 Å². The van der Waals surface area contributed by atoms with E-state index in [0.717, 1.165) is 25.7 Å². The van der Waals surface area contributed by atoms with Crippen LogP contribution in [0.3, 0.4) is 0 Å². The lowest BCUT2D eigenvalue weighted by Gasteiger charge is -2.24. The molecular formula is C12H26N2O5Si. The van der Waals surface area contributed by atoms with E-state index >= 15 is 0 Å². The van der Waals surface area contributed by atoms with Crippen LogP contribution in [0.1, 0.15) is 32.1 Å². The molecule has 0 aliphatic carbocycles. The molecule has 1 N–H and O–H groups in total. The van der Waals surface area contributed by atoms with Gasteiger partial charge in [0.1, 0.15) is 0 Å². The second kappa shape index (κ2) is 9.43. The summed E-state index contributed by atoms with van der Waals surface area (Å²) in [6.07, 6.45) is 4.36. The first-order valence-electron chi connectivity index (χ1n) is 7.03. The number of nitrogens with zero attached hydrogens (tertiary/aromatic N) is 1. The fourth-order valence-electron chi connectivity index (χ4n) is 2.11. The fourth-order valence-corrected chi connectivity index (χ4v) is 3.83. The summed E-state index contributed by atoms with van der Waals surface area (Å²) in [6, 6.07) is 0.695. The Balaban J connectivity index is 2.19. The molecular weight excluding hydrogens is 280 g/mol. The maximum atomic E-state index is 11.7. The van der Waals surface area contributed by atoms with Crippen LogP contribution in [0.15, 0.2) is 0 Å². The minimum absolute atomic E-state index is 0.0457. The van der Waals surface area contributed by atoms with Crippen molar-refractivity contribution in [1.82, 2.24) is 10.5 Å². The Bertz CT molecular complexity index is 281. The number of nitrogens with one attached hydrogen (secondary N) is 1. The van der Waals surface area contributed by atoms with Crippen molar-refractivity contribution in [3.63, 3.8) is 0 Å². The number of hydroxylamine groups is 3. The van der Waals surface area contributed by atoms with Crippen molar-refractivity contribution in [1.29, 1.82) is 0 Å². The van der Waals surface area contributed by atoms with Crippen molar-refractivity contribution >= 4 is 14.7 Å². The molecule has 1 aliphatic rings. The topological polar surface area (TPSA) is 69.3 Å². The summed E-state index contributed by atoms with van der Waals surface area (Å²) in [7, 11) is 2.28. The van der Waals surface area contributed by atoms with E-state index in [0.29, 0.717) is 25.6 Å². The molecule has 1 amide bonds. The molecule has 0 radical (unpaired) electrons. The number of hydrogen-bond donors (Lipinski definition) is 1. The minimum atomic E-state index is -2.50. The molecule has 7 nitrogen and oxygen atoms in total. The van der Waals surface area contributed by atoms with E-state index in [1.165, 1.54) is 5.06 Å². The summed E-state index contributed by atoms with van der Waals surface area (Å²) >= 11 is 0. The number of rotatable bonds is 9. The molecule has 0 bridgehead atoms. The quantitative estimate of drug-likeness (QED) is 0.391. The van der Waals surface area contributed by atoms with Gasteiger partial charge in [-0.2, -0.15) is 10.4 Å². The maximum Gasteiger partial charge on any atom is 0.500 e. The molecule has 0 unspecified atom stereocenters. The van der Waals surface area contributed by atoms with Gasteiger partial charge in [-0.25, -0.2) is 5.06 Å². The van der Waals surface area contributed by atoms with Gasteiger partial charge in [0.15, 0.2) is 0 Å². The third kappa shape index (κ3) is 5.47. The van der Waals surface area contributed by atoms with Gasteiger partial charge < -0.3 is 13.3 Å². The van der Waals surface area contributed by atoms with Crippen LogP contribution >= 0.6 is 0 Å². The van der Waals surface area contributed by atoms with E-state index in [1.54, 1.807) is 21.3 Å². The summed E-state index contributed by atoms with van der Waals surface area (Å²) in [4.78, 5) is 17.0. The van der Waals surface area contributed by atoms with Gasteiger partial charge >= 0.3 is 8.80 Å². The lowest BCUT2D eigenvalue weighted by atomic mass is 10.2. The minimum Gasteiger partial charge on any atom is -0.377 e. The standard InChI is InChI=1S/C12H26N2O5Si/c1-16-20(17-2,18-3)11-7-9-13-19-14-10-6-4-5-8-12(14)15/h13H,4-11H2,1-3H3. The van der Waals surface area contributed by atoms with Crippen LogP contribution in [0.5, 0.6) is 0 Å². The Hall–Kier alpha value is -0.513. The van der Waals surface area contributed by atoms with Gasteiger partial charge in [0.25, 0.3) is 0 Å². The Morgan fingerprint density at radius 3 is 2.50 bits per heavy atom. The Kier molecular flexibility index (Phi) is 8.27. The molecule has 1 heterocycles. The highest BCUT2D eigenvalue weighted by Gasteiger charge is 2.36. The molecule has 0 aromatic carbocycles. The van der Waals surface area contributed by atoms with E-state index in [1.807, 2.05) is 0 Å². The van der Waals surface area contributed by atoms with Gasteiger partial charge in [-0.05, 0) is 19.3 Å². The second-order valence-electron chi connectivity index (χ2n) is 4.69. The summed E-state index contributed by atoms with van der Waals surface area (Å²) in [6.45, 7) is 1.26. The molecule has 1 saturated heterocycles. The zero-order valence-corrected chi connectivity index (χ0v) is 13.6. The van der Waals surface area contributed by atoms with Crippen molar-refractivity contribution in [2.75, 3.05) is 34.4 Å². The molecule has 0 aromatic rings. The Labute approximate surface area is 121 Å². The van der Waals surface area contributed by atoms with Crippen LogP contribution in [-0.2, 0) is 23.0 Å². The molecule has 0 atom stereocenters. The predicted molar refractivity (Wildman–Crippen MR) is 75.5 cm³/mol. The Morgan fingerprint density at radius 1 is 1.15 bits per heavy atom. The van der Waals surface area contributed by atoms with Crippen LogP contribution in [-0.4, -0.2) is 54.2 Å². The zero-order chi connectivity index (χ0) is 14.8. The number of carbonyl (C=O) groups is 1. The van der Waals surface area contributed by atoms with Crippen molar-refractivity contribution in [3.8, 4) is 0 Å². The van der Waals surface area contributed by atoms with Crippen LogP contribution in [0.4, 0.5) is 0 Å². The van der Waals surface area contributed by atoms with Crippen LogP contribution < -0.4 is 5.48 Å². The van der Waals surface area contributed by atoms with Crippen LogP contribution in [0.2, 0.25) is 6.04 Å². The molecule has 8 heteroatoms. The van der Waals surface area contributed by atoms with Gasteiger partial charge in [0.05, 0.1) is 6.54 Å². The Morgan fingerprint density at radius 2 is 1.85 bits per heavy atom. The number of carbonyl (C=O) groups excluding carboxylic acids is 1. The highest BCUT2D eigenvalue weighted by atomic mass is 28.4. The van der Waals surface area contributed by atoms with E-state index in [9.17, 15) is 4.79 Å². The monoisotopic (exact) mass is 306 g/mol. The smallest absolute Gasteiger partial charge is 0.377 e. The van der Waals surface area contributed by atoms with Crippen molar-refractivity contribution in [2.45, 2.75) is 38.1 Å². The van der Waals surface area contributed by atoms with Gasteiger partial charge in [0.2, 0.25) is 5.91 Å². The molecule has 1 aliphatic heterocycles. The molecule has 118 valence electrons. The molecule has 20 heavy (non-hydrogen) atoms. The molecule has 1 fully saturated rings. The highest BCUT2D eigenvalue weighted by molar-refractivity contribution is 6.60. The fraction of sp³-hybridized carbons (Fsp3) is 0.917. The number of amides is 1. The van der Waals surface area contributed by atoms with E-state index in [-0.39, 0.29) is 5.91 Å². The largest absolute Gasteiger partial charge is 0.500 e. The normalized spacial score (nSPS) is 17.4. The average Bonchev–Trinajstić information content (AvgIpc) is 2.68. The first-order valence-corrected chi connectivity index (χ1v) is 8.96. The summed E-state index contributed by atoms with van der Waals surface area (Å²) < 4.78 is 16.0. The zero-order valence-electron chi connectivity index (χ0n) is 12.6. The highest BCUT2D eigenvalue weighted by Crippen LogP contribution is 2.14. The van der Waals surface area contributed by atoms with Crippen molar-refractivity contribution < 1.29 is 23.0 Å². The number of hydrogen-bond acceptors (Lipinski definition) is 6. The second-order valence-corrected chi connectivity index (χ2v) is 7.78. The first kappa shape index (κ1) is 17.5. The van der Waals surface area contributed by atoms with E-state index < -0.39 is 8.80 Å². The van der Waals surface area contributed by atoms with Crippen molar-refractivity contribution in [3.05, 3.63) is 0 Å². The third-order valence-corrected chi connectivity index (χ3v) is 6.23. The SMILES string of the molecule is CO[Si](CCCNON1CCCCCC1=O)(OC)OC. The first-order chi connectivity index (χ1) is 9.67. The molecule has 0 saturated carbocycles. The average molecular weight is 306 g/mol. The van der Waals surface area contributed by atoms with Gasteiger partial charge in [-0.3, -0.25) is 4.79 Å². The predicted octanol–water partition coefficient (Wildman–Crippen LogP) is 1.09. The summed E-state index contributed by atoms with van der Waals surface area (Å²) in [5, 5.41) is 1.42. The van der Waals surface area contributed by atoms with E-state index in [4.69, 9.17) is 18.2 Å². The lowest BCUT2D eigenvalue weighted by Crippen LogP contribution is -2.43. The van der Waals surface area contributed by atoms with Crippen molar-refractivity contribution in [2.24, 2.45) is 0 Å². The molecule has 1 rings (SSSR count). The third-order valence-electron chi connectivity index (χ3n) is 3.40. The van der Waals surface area contributed by atoms with Gasteiger partial charge in [-0.1, -0.05) is 6.42 Å². The van der Waals surface area contributed by atoms with Gasteiger partial charge in [-0.15, -0.1) is 0 Å². The molecule has 0 spiro atoms.